The highest BCUT2D eigenvalue weighted by atomic mass is 35.5. The maximum Gasteiger partial charge on any atom is 0.255 e. The van der Waals surface area contributed by atoms with E-state index in [2.05, 4.69) is 5.32 Å². The van der Waals surface area contributed by atoms with Crippen LogP contribution < -0.4 is 10.1 Å². The van der Waals surface area contributed by atoms with Gasteiger partial charge in [0.2, 0.25) is 0 Å². The summed E-state index contributed by atoms with van der Waals surface area (Å²) < 4.78 is 5.71. The number of carbonyl (C=O) groups is 1. The number of benzene rings is 3. The minimum absolute atomic E-state index is 0.147. The monoisotopic (exact) mass is 399 g/mol. The molecule has 0 aliphatic rings. The van der Waals surface area contributed by atoms with Crippen molar-refractivity contribution in [3.05, 3.63) is 93.0 Å². The van der Waals surface area contributed by atoms with Crippen LogP contribution in [-0.4, -0.2) is 5.91 Å². The van der Waals surface area contributed by atoms with Gasteiger partial charge in [-0.2, -0.15) is 0 Å². The third-order valence-corrected chi connectivity index (χ3v) is 4.80. The number of amides is 1. The largest absolute Gasteiger partial charge is 0.487 e. The molecule has 0 unspecified atom stereocenters. The van der Waals surface area contributed by atoms with Crippen molar-refractivity contribution in [3.63, 3.8) is 0 Å². The van der Waals surface area contributed by atoms with E-state index >= 15 is 0 Å². The van der Waals surface area contributed by atoms with Gasteiger partial charge in [-0.1, -0.05) is 41.4 Å². The lowest BCUT2D eigenvalue weighted by molar-refractivity contribution is 0.102. The third-order valence-electron chi connectivity index (χ3n) is 4.27. The van der Waals surface area contributed by atoms with Crippen molar-refractivity contribution in [1.29, 1.82) is 0 Å². The molecule has 138 valence electrons. The van der Waals surface area contributed by atoms with Gasteiger partial charge in [0.05, 0.1) is 5.02 Å². The summed E-state index contributed by atoms with van der Waals surface area (Å²) in [4.78, 5) is 12.4. The van der Waals surface area contributed by atoms with Gasteiger partial charge >= 0.3 is 0 Å². The highest BCUT2D eigenvalue weighted by molar-refractivity contribution is 6.35. The highest BCUT2D eigenvalue weighted by Gasteiger charge is 2.08. The number of hydrogen-bond donors (Lipinski definition) is 1. The van der Waals surface area contributed by atoms with Gasteiger partial charge in [0.1, 0.15) is 12.4 Å². The zero-order chi connectivity index (χ0) is 19.4. The molecule has 3 nitrogen and oxygen atoms in total. The first-order chi connectivity index (χ1) is 12.9. The van der Waals surface area contributed by atoms with Gasteiger partial charge in [0, 0.05) is 16.3 Å². The molecule has 0 saturated carbocycles. The molecule has 0 fully saturated rings. The van der Waals surface area contributed by atoms with Gasteiger partial charge in [0.15, 0.2) is 0 Å². The molecule has 5 heteroatoms. The van der Waals surface area contributed by atoms with Gasteiger partial charge < -0.3 is 10.1 Å². The van der Waals surface area contributed by atoms with E-state index in [4.69, 9.17) is 27.9 Å². The normalized spacial score (nSPS) is 10.5. The Morgan fingerprint density at radius 2 is 1.67 bits per heavy atom. The van der Waals surface area contributed by atoms with Gasteiger partial charge in [-0.3, -0.25) is 4.79 Å². The zero-order valence-electron chi connectivity index (χ0n) is 15.1. The number of rotatable bonds is 5. The first kappa shape index (κ1) is 19.3. The molecule has 0 bridgehead atoms. The second kappa shape index (κ2) is 8.47. The standard InChI is InChI=1S/C22H19Cl2NO2/c1-14-3-9-19(11-15(14)2)25-22(26)17-6-4-16(5-7-17)13-27-21-10-8-18(23)12-20(21)24/h3-12H,13H2,1-2H3,(H,25,26). The maximum absolute atomic E-state index is 12.4. The van der Waals surface area contributed by atoms with E-state index in [0.717, 1.165) is 16.8 Å². The zero-order valence-corrected chi connectivity index (χ0v) is 16.6. The van der Waals surface area contributed by atoms with E-state index in [0.29, 0.717) is 28.0 Å². The summed E-state index contributed by atoms with van der Waals surface area (Å²) >= 11 is 12.0. The van der Waals surface area contributed by atoms with E-state index in [1.807, 2.05) is 44.2 Å². The lowest BCUT2D eigenvalue weighted by atomic mass is 10.1. The number of anilines is 1. The fraction of sp³-hybridized carbons (Fsp3) is 0.136. The summed E-state index contributed by atoms with van der Waals surface area (Å²) in [6.45, 7) is 4.41. The Kier molecular flexibility index (Phi) is 6.04. The van der Waals surface area contributed by atoms with Crippen LogP contribution in [-0.2, 0) is 6.61 Å². The van der Waals surface area contributed by atoms with Gasteiger partial charge in [-0.15, -0.1) is 0 Å². The average molecular weight is 400 g/mol. The lowest BCUT2D eigenvalue weighted by Crippen LogP contribution is -2.12. The third kappa shape index (κ3) is 5.03. The Morgan fingerprint density at radius 1 is 0.926 bits per heavy atom. The second-order valence-corrected chi connectivity index (χ2v) is 7.16. The minimum atomic E-state index is -0.147. The van der Waals surface area contributed by atoms with Crippen molar-refractivity contribution in [2.75, 3.05) is 5.32 Å². The molecule has 1 amide bonds. The molecule has 1 N–H and O–H groups in total. The summed E-state index contributed by atoms with van der Waals surface area (Å²) in [5.74, 6) is 0.420. The lowest BCUT2D eigenvalue weighted by Gasteiger charge is -2.10. The Balaban J connectivity index is 1.62. The first-order valence-electron chi connectivity index (χ1n) is 8.48. The van der Waals surface area contributed by atoms with E-state index in [9.17, 15) is 4.79 Å². The second-order valence-electron chi connectivity index (χ2n) is 6.31. The molecule has 0 aliphatic carbocycles. The number of hydrogen-bond acceptors (Lipinski definition) is 2. The van der Waals surface area contributed by atoms with Crippen molar-refractivity contribution in [2.24, 2.45) is 0 Å². The first-order valence-corrected chi connectivity index (χ1v) is 9.23. The fourth-order valence-corrected chi connectivity index (χ4v) is 2.99. The molecule has 0 saturated heterocycles. The summed E-state index contributed by atoms with van der Waals surface area (Å²) in [6, 6.07) is 18.2. The van der Waals surface area contributed by atoms with Crippen LogP contribution >= 0.6 is 23.2 Å². The Morgan fingerprint density at radius 3 is 2.33 bits per heavy atom. The Hall–Kier alpha value is -2.49. The van der Waals surface area contributed by atoms with Crippen molar-refractivity contribution in [2.45, 2.75) is 20.5 Å². The number of nitrogens with one attached hydrogen (secondary N) is 1. The van der Waals surface area contributed by atoms with Crippen LogP contribution in [0.25, 0.3) is 0 Å². The smallest absolute Gasteiger partial charge is 0.255 e. The molecular weight excluding hydrogens is 381 g/mol. The van der Waals surface area contributed by atoms with Crippen molar-refractivity contribution in [3.8, 4) is 5.75 Å². The summed E-state index contributed by atoms with van der Waals surface area (Å²) in [5.41, 5.74) is 4.64. The van der Waals surface area contributed by atoms with Gasteiger partial charge in [0.25, 0.3) is 5.91 Å². The number of aryl methyl sites for hydroxylation is 2. The number of halogens is 2. The molecule has 3 rings (SSSR count). The van der Waals surface area contributed by atoms with E-state index in [1.165, 1.54) is 5.56 Å². The molecule has 3 aromatic carbocycles. The predicted molar refractivity (Wildman–Crippen MR) is 111 cm³/mol. The highest BCUT2D eigenvalue weighted by Crippen LogP contribution is 2.28. The maximum atomic E-state index is 12.4. The SMILES string of the molecule is Cc1ccc(NC(=O)c2ccc(COc3ccc(Cl)cc3Cl)cc2)cc1C. The van der Waals surface area contributed by atoms with Crippen LogP contribution in [0.15, 0.2) is 60.7 Å². The van der Waals surface area contributed by atoms with Crippen LogP contribution in [0.5, 0.6) is 5.75 Å². The molecular formula is C22H19Cl2NO2. The number of ether oxygens (including phenoxy) is 1. The Bertz CT molecular complexity index is 969. The van der Waals surface area contributed by atoms with Crippen LogP contribution in [0.4, 0.5) is 5.69 Å². The van der Waals surface area contributed by atoms with Gasteiger partial charge in [-0.25, -0.2) is 0 Å². The van der Waals surface area contributed by atoms with Crippen LogP contribution in [0.1, 0.15) is 27.0 Å². The molecule has 0 spiro atoms. The average Bonchev–Trinajstić information content (AvgIpc) is 2.64. The topological polar surface area (TPSA) is 38.3 Å². The quantitative estimate of drug-likeness (QED) is 0.535. The summed E-state index contributed by atoms with van der Waals surface area (Å²) in [6.07, 6.45) is 0. The molecule has 3 aromatic rings. The van der Waals surface area contributed by atoms with E-state index < -0.39 is 0 Å². The van der Waals surface area contributed by atoms with Crippen LogP contribution in [0.3, 0.4) is 0 Å². The molecule has 0 heterocycles. The van der Waals surface area contributed by atoms with Crippen molar-refractivity contribution in [1.82, 2.24) is 0 Å². The molecule has 27 heavy (non-hydrogen) atoms. The molecule has 0 aromatic heterocycles. The summed E-state index contributed by atoms with van der Waals surface area (Å²) in [7, 11) is 0. The minimum Gasteiger partial charge on any atom is -0.487 e. The number of carbonyl (C=O) groups excluding carboxylic acids is 1. The van der Waals surface area contributed by atoms with E-state index in [-0.39, 0.29) is 5.91 Å². The predicted octanol–water partition coefficient (Wildman–Crippen LogP) is 6.44. The van der Waals surface area contributed by atoms with Crippen LogP contribution in [0, 0.1) is 13.8 Å². The molecule has 0 atom stereocenters. The Labute approximate surface area is 168 Å². The molecule has 0 aliphatic heterocycles. The van der Waals surface area contributed by atoms with Crippen LogP contribution in [0.2, 0.25) is 10.0 Å². The van der Waals surface area contributed by atoms with Crippen molar-refractivity contribution >= 4 is 34.8 Å². The fourth-order valence-electron chi connectivity index (χ4n) is 2.53. The molecule has 0 radical (unpaired) electrons. The summed E-state index contributed by atoms with van der Waals surface area (Å²) in [5, 5.41) is 3.94. The van der Waals surface area contributed by atoms with Crippen molar-refractivity contribution < 1.29 is 9.53 Å². The van der Waals surface area contributed by atoms with Gasteiger partial charge in [-0.05, 0) is 73.0 Å². The van der Waals surface area contributed by atoms with E-state index in [1.54, 1.807) is 30.3 Å².